The molecule has 4 aromatic rings. The predicted molar refractivity (Wildman–Crippen MR) is 125 cm³/mol. The van der Waals surface area contributed by atoms with Gasteiger partial charge in [0.15, 0.2) is 0 Å². The highest BCUT2D eigenvalue weighted by Crippen LogP contribution is 2.27. The molecule has 0 atom stereocenters. The zero-order chi connectivity index (χ0) is 22.8. The lowest BCUT2D eigenvalue weighted by Gasteiger charge is -2.26. The zero-order valence-electron chi connectivity index (χ0n) is 18.3. The van der Waals surface area contributed by atoms with E-state index in [0.29, 0.717) is 29.0 Å². The van der Waals surface area contributed by atoms with Gasteiger partial charge in [0.05, 0.1) is 36.2 Å². The Morgan fingerprint density at radius 1 is 1.15 bits per heavy atom. The molecule has 0 bridgehead atoms. The van der Waals surface area contributed by atoms with Gasteiger partial charge in [-0.05, 0) is 17.5 Å². The van der Waals surface area contributed by atoms with Crippen LogP contribution in [-0.4, -0.2) is 67.0 Å². The van der Waals surface area contributed by atoms with E-state index in [2.05, 4.69) is 25.3 Å². The molecule has 0 radical (unpaired) electrons. The molecule has 1 saturated heterocycles. The Balaban J connectivity index is 1.55. The van der Waals surface area contributed by atoms with Gasteiger partial charge in [-0.25, -0.2) is 15.0 Å². The minimum atomic E-state index is -0.0974. The molecule has 11 nitrogen and oxygen atoms in total. The smallest absolute Gasteiger partial charge is 0.262 e. The number of fused-ring (bicyclic) bond motifs is 1. The number of hydrogen-bond acceptors (Lipinski definition) is 9. The average molecular weight is 448 g/mol. The third-order valence-electron chi connectivity index (χ3n) is 5.65. The quantitative estimate of drug-likeness (QED) is 0.448. The van der Waals surface area contributed by atoms with Crippen molar-refractivity contribution in [2.45, 2.75) is 6.54 Å². The first kappa shape index (κ1) is 21.0. The van der Waals surface area contributed by atoms with E-state index in [9.17, 15) is 4.79 Å². The largest absolute Gasteiger partial charge is 0.379 e. The molecule has 33 heavy (non-hydrogen) atoms. The van der Waals surface area contributed by atoms with E-state index >= 15 is 0 Å². The standard InChI is InChI=1S/C22H25N9O2/c1-29-14-17(13-26-29)27-20-19-15(10-18(28-20)16-11-24-22(23)25-12-16)2-3-31(21(19)32)5-4-30-6-8-33-9-7-30/h2-3,10-14H,4-9H2,1H3,(H,27,28)(H2,23,24,25). The van der Waals surface area contributed by atoms with Crippen molar-refractivity contribution in [3.8, 4) is 11.3 Å². The van der Waals surface area contributed by atoms with Gasteiger partial charge in [-0.15, -0.1) is 0 Å². The summed E-state index contributed by atoms with van der Waals surface area (Å²) in [5, 5.41) is 8.75. The number of anilines is 3. The van der Waals surface area contributed by atoms with Crippen molar-refractivity contribution in [3.05, 3.63) is 53.5 Å². The number of nitrogens with one attached hydrogen (secondary N) is 1. The number of pyridine rings is 2. The molecule has 1 fully saturated rings. The van der Waals surface area contributed by atoms with Crippen LogP contribution in [-0.2, 0) is 18.3 Å². The third-order valence-corrected chi connectivity index (χ3v) is 5.65. The fraction of sp³-hybridized carbons (Fsp3) is 0.318. The van der Waals surface area contributed by atoms with Crippen molar-refractivity contribution in [2.24, 2.45) is 7.05 Å². The highest BCUT2D eigenvalue weighted by Gasteiger charge is 2.16. The Labute approximate surface area is 189 Å². The third kappa shape index (κ3) is 4.54. The highest BCUT2D eigenvalue weighted by atomic mass is 16.5. The molecule has 1 aliphatic heterocycles. The summed E-state index contributed by atoms with van der Waals surface area (Å²) < 4.78 is 8.83. The molecule has 3 N–H and O–H groups in total. The maximum Gasteiger partial charge on any atom is 0.262 e. The number of rotatable bonds is 6. The van der Waals surface area contributed by atoms with Gasteiger partial charge in [-0.2, -0.15) is 5.10 Å². The summed E-state index contributed by atoms with van der Waals surface area (Å²) in [6.07, 6.45) is 8.59. The Hall–Kier alpha value is -3.83. The lowest BCUT2D eigenvalue weighted by molar-refractivity contribution is 0.0363. The number of morpholine rings is 1. The van der Waals surface area contributed by atoms with Gasteiger partial charge in [0.2, 0.25) is 5.95 Å². The molecule has 0 spiro atoms. The summed E-state index contributed by atoms with van der Waals surface area (Å²) in [6.45, 7) is 4.60. The molecule has 0 unspecified atom stereocenters. The highest BCUT2D eigenvalue weighted by molar-refractivity contribution is 5.95. The summed E-state index contributed by atoms with van der Waals surface area (Å²) >= 11 is 0. The second-order valence-corrected chi connectivity index (χ2v) is 7.95. The van der Waals surface area contributed by atoms with Crippen LogP contribution < -0.4 is 16.6 Å². The monoisotopic (exact) mass is 447 g/mol. The Bertz CT molecular complexity index is 1320. The van der Waals surface area contributed by atoms with E-state index in [0.717, 1.165) is 43.9 Å². The Morgan fingerprint density at radius 2 is 1.94 bits per heavy atom. The molecule has 11 heteroatoms. The molecule has 0 aliphatic carbocycles. The SMILES string of the molecule is Cn1cc(Nc2nc(-c3cnc(N)nc3)cc3ccn(CCN4CCOCC4)c(=O)c23)cn1. The molecule has 0 aromatic carbocycles. The van der Waals surface area contributed by atoms with E-state index in [1.165, 1.54) is 0 Å². The van der Waals surface area contributed by atoms with Gasteiger partial charge in [0.1, 0.15) is 5.82 Å². The van der Waals surface area contributed by atoms with Crippen molar-refractivity contribution in [1.29, 1.82) is 0 Å². The number of ether oxygens (including phenoxy) is 1. The van der Waals surface area contributed by atoms with Crippen LogP contribution in [0.15, 0.2) is 47.9 Å². The van der Waals surface area contributed by atoms with Gasteiger partial charge >= 0.3 is 0 Å². The summed E-state index contributed by atoms with van der Waals surface area (Å²) in [4.78, 5) is 28.7. The summed E-state index contributed by atoms with van der Waals surface area (Å²) in [5.74, 6) is 0.648. The normalized spacial score (nSPS) is 14.6. The van der Waals surface area contributed by atoms with Crippen molar-refractivity contribution in [1.82, 2.24) is 34.2 Å². The number of hydrogen-bond donors (Lipinski definition) is 2. The van der Waals surface area contributed by atoms with E-state index in [1.807, 2.05) is 31.6 Å². The van der Waals surface area contributed by atoms with Crippen LogP contribution in [0.25, 0.3) is 22.0 Å². The van der Waals surface area contributed by atoms with E-state index in [4.69, 9.17) is 15.5 Å². The molecule has 4 aromatic heterocycles. The first-order valence-corrected chi connectivity index (χ1v) is 10.7. The van der Waals surface area contributed by atoms with Crippen molar-refractivity contribution in [3.63, 3.8) is 0 Å². The first-order valence-electron chi connectivity index (χ1n) is 10.7. The lowest BCUT2D eigenvalue weighted by atomic mass is 10.1. The van der Waals surface area contributed by atoms with Crippen LogP contribution in [0.5, 0.6) is 0 Å². The van der Waals surface area contributed by atoms with Gasteiger partial charge in [-0.1, -0.05) is 0 Å². The summed E-state index contributed by atoms with van der Waals surface area (Å²) in [7, 11) is 1.83. The predicted octanol–water partition coefficient (Wildman–Crippen LogP) is 1.24. The van der Waals surface area contributed by atoms with Crippen LogP contribution in [0.2, 0.25) is 0 Å². The molecule has 170 valence electrons. The first-order chi connectivity index (χ1) is 16.1. The molecular weight excluding hydrogens is 422 g/mol. The number of nitrogens with zero attached hydrogens (tertiary/aromatic N) is 7. The molecule has 5 rings (SSSR count). The molecule has 0 saturated carbocycles. The molecule has 1 aliphatic rings. The fourth-order valence-corrected chi connectivity index (χ4v) is 3.88. The van der Waals surface area contributed by atoms with Crippen molar-refractivity contribution < 1.29 is 4.74 Å². The molecule has 0 amide bonds. The van der Waals surface area contributed by atoms with E-state index in [1.54, 1.807) is 27.8 Å². The number of nitrogen functional groups attached to an aromatic ring is 1. The minimum absolute atomic E-state index is 0.0974. The van der Waals surface area contributed by atoms with Crippen molar-refractivity contribution >= 4 is 28.2 Å². The zero-order valence-corrected chi connectivity index (χ0v) is 18.3. The summed E-state index contributed by atoms with van der Waals surface area (Å²) in [5.41, 5.74) is 7.61. The van der Waals surface area contributed by atoms with Gasteiger partial charge in [0.25, 0.3) is 5.56 Å². The number of aromatic nitrogens is 6. The van der Waals surface area contributed by atoms with Crippen molar-refractivity contribution in [2.75, 3.05) is 43.9 Å². The van der Waals surface area contributed by atoms with Crippen LogP contribution in [0.4, 0.5) is 17.5 Å². The van der Waals surface area contributed by atoms with Crippen LogP contribution in [0, 0.1) is 0 Å². The van der Waals surface area contributed by atoms with E-state index < -0.39 is 0 Å². The van der Waals surface area contributed by atoms with Crippen LogP contribution in [0.3, 0.4) is 0 Å². The van der Waals surface area contributed by atoms with Gasteiger partial charge in [-0.3, -0.25) is 14.4 Å². The number of nitrogens with two attached hydrogens (primary N) is 1. The van der Waals surface area contributed by atoms with Gasteiger partial charge in [0, 0.05) is 63.6 Å². The lowest BCUT2D eigenvalue weighted by Crippen LogP contribution is -2.39. The fourth-order valence-electron chi connectivity index (χ4n) is 3.88. The van der Waals surface area contributed by atoms with E-state index in [-0.39, 0.29) is 11.5 Å². The van der Waals surface area contributed by atoms with Crippen LogP contribution in [0.1, 0.15) is 0 Å². The van der Waals surface area contributed by atoms with Gasteiger partial charge < -0.3 is 20.4 Å². The summed E-state index contributed by atoms with van der Waals surface area (Å²) in [6, 6.07) is 3.81. The van der Waals surface area contributed by atoms with Crippen LogP contribution >= 0.6 is 0 Å². The Morgan fingerprint density at radius 3 is 2.67 bits per heavy atom. The maximum atomic E-state index is 13.5. The Kier molecular flexibility index (Phi) is 5.71. The minimum Gasteiger partial charge on any atom is -0.379 e. The second-order valence-electron chi connectivity index (χ2n) is 7.95. The molecule has 5 heterocycles. The maximum absolute atomic E-state index is 13.5. The number of aryl methyl sites for hydroxylation is 1. The molecular formula is C22H25N9O2. The second kappa shape index (κ2) is 8.96. The topological polar surface area (TPSA) is 129 Å². The average Bonchev–Trinajstić information content (AvgIpc) is 3.24.